The summed E-state index contributed by atoms with van der Waals surface area (Å²) in [4.78, 5) is 49.6. The Balaban J connectivity index is 2.77. The lowest BCUT2D eigenvalue weighted by molar-refractivity contribution is -0.140. The van der Waals surface area contributed by atoms with E-state index in [1.807, 2.05) is 0 Å². The van der Waals surface area contributed by atoms with Gasteiger partial charge < -0.3 is 26.0 Å². The number of carbonyl (C=O) groups excluding carboxylic acids is 3. The van der Waals surface area contributed by atoms with Gasteiger partial charge >= 0.3 is 5.97 Å². The number of carboxylic acid groups (broad SMARTS) is 1. The Morgan fingerprint density at radius 1 is 1.35 bits per heavy atom. The Bertz CT molecular complexity index is 480. The van der Waals surface area contributed by atoms with Crippen molar-refractivity contribution >= 4 is 23.7 Å². The van der Waals surface area contributed by atoms with Gasteiger partial charge in [-0.3, -0.25) is 19.2 Å². The lowest BCUT2D eigenvalue weighted by atomic mass is 10.1. The highest BCUT2D eigenvalue weighted by atomic mass is 16.4. The molecular formula is C14H24N4O5. The molecular weight excluding hydrogens is 304 g/mol. The average Bonchev–Trinajstić information content (AvgIpc) is 2.98. The largest absolute Gasteiger partial charge is 0.481 e. The normalized spacial score (nSPS) is 18.4. The fourth-order valence-corrected chi connectivity index (χ4v) is 2.56. The van der Waals surface area contributed by atoms with Crippen molar-refractivity contribution < 1.29 is 24.3 Å². The second kappa shape index (κ2) is 8.47. The van der Waals surface area contributed by atoms with E-state index in [1.54, 1.807) is 0 Å². The van der Waals surface area contributed by atoms with E-state index >= 15 is 0 Å². The summed E-state index contributed by atoms with van der Waals surface area (Å²) < 4.78 is 0. The summed E-state index contributed by atoms with van der Waals surface area (Å²) in [6, 6.07) is -1.59. The monoisotopic (exact) mass is 328 g/mol. The number of likely N-dealkylation sites (N-methyl/N-ethyl adjacent to an activating group) is 1. The Hall–Kier alpha value is -2.16. The van der Waals surface area contributed by atoms with Crippen LogP contribution in [0.4, 0.5) is 0 Å². The van der Waals surface area contributed by atoms with Crippen LogP contribution in [0.2, 0.25) is 0 Å². The van der Waals surface area contributed by atoms with Gasteiger partial charge in [-0.05, 0) is 19.3 Å². The fraction of sp³-hybridized carbons (Fsp3) is 0.714. The van der Waals surface area contributed by atoms with E-state index in [1.165, 1.54) is 23.9 Å². The van der Waals surface area contributed by atoms with E-state index in [9.17, 15) is 19.2 Å². The first kappa shape index (κ1) is 18.9. The third-order valence-electron chi connectivity index (χ3n) is 3.75. The van der Waals surface area contributed by atoms with Crippen molar-refractivity contribution in [1.29, 1.82) is 0 Å². The number of carboxylic acids is 1. The lowest BCUT2D eigenvalue weighted by Gasteiger charge is -2.27. The van der Waals surface area contributed by atoms with E-state index < -0.39 is 24.0 Å². The second-order valence-corrected chi connectivity index (χ2v) is 5.68. The van der Waals surface area contributed by atoms with Crippen molar-refractivity contribution in [1.82, 2.24) is 15.1 Å². The Morgan fingerprint density at radius 3 is 2.52 bits per heavy atom. The van der Waals surface area contributed by atoms with E-state index in [2.05, 4.69) is 5.32 Å². The molecule has 0 radical (unpaired) electrons. The molecule has 0 aromatic heterocycles. The molecule has 0 spiro atoms. The van der Waals surface area contributed by atoms with Crippen LogP contribution in [0.3, 0.4) is 0 Å². The number of hydrogen-bond donors (Lipinski definition) is 3. The third kappa shape index (κ3) is 5.20. The summed E-state index contributed by atoms with van der Waals surface area (Å²) in [7, 11) is 3.06. The summed E-state index contributed by atoms with van der Waals surface area (Å²) in [6.45, 7) is 0.276. The van der Waals surface area contributed by atoms with Gasteiger partial charge in [-0.2, -0.15) is 0 Å². The average molecular weight is 328 g/mol. The number of carbonyl (C=O) groups is 4. The molecule has 0 aliphatic carbocycles. The van der Waals surface area contributed by atoms with Crippen molar-refractivity contribution in [3.05, 3.63) is 0 Å². The lowest BCUT2D eigenvalue weighted by Crippen LogP contribution is -2.53. The minimum atomic E-state index is -1.04. The molecule has 23 heavy (non-hydrogen) atoms. The van der Waals surface area contributed by atoms with Crippen LogP contribution in [-0.4, -0.2) is 77.9 Å². The van der Waals surface area contributed by atoms with Crippen molar-refractivity contribution in [2.45, 2.75) is 37.8 Å². The molecule has 1 heterocycles. The number of nitrogens with zero attached hydrogens (tertiary/aromatic N) is 2. The van der Waals surface area contributed by atoms with Gasteiger partial charge in [0, 0.05) is 27.1 Å². The molecule has 9 heteroatoms. The molecule has 1 rings (SSSR count). The van der Waals surface area contributed by atoms with Crippen LogP contribution in [0.5, 0.6) is 0 Å². The zero-order chi connectivity index (χ0) is 17.6. The number of likely N-dealkylation sites (tertiary alicyclic amines) is 1. The number of rotatable bonds is 7. The van der Waals surface area contributed by atoms with Crippen LogP contribution in [0, 0.1) is 0 Å². The molecule has 1 saturated heterocycles. The minimum absolute atomic E-state index is 0.00432. The van der Waals surface area contributed by atoms with Gasteiger partial charge in [0.25, 0.3) is 0 Å². The van der Waals surface area contributed by atoms with Crippen LogP contribution in [0.25, 0.3) is 0 Å². The Kier molecular flexibility index (Phi) is 6.95. The molecule has 1 fully saturated rings. The van der Waals surface area contributed by atoms with Crippen molar-refractivity contribution in [3.63, 3.8) is 0 Å². The van der Waals surface area contributed by atoms with Gasteiger partial charge in [0.05, 0.1) is 6.54 Å². The van der Waals surface area contributed by atoms with Gasteiger partial charge in [0.1, 0.15) is 12.1 Å². The van der Waals surface area contributed by atoms with Gasteiger partial charge in [0.15, 0.2) is 0 Å². The minimum Gasteiger partial charge on any atom is -0.481 e. The van der Waals surface area contributed by atoms with E-state index in [-0.39, 0.29) is 31.2 Å². The van der Waals surface area contributed by atoms with Crippen LogP contribution in [-0.2, 0) is 19.2 Å². The number of aliphatic carboxylic acids is 1. The van der Waals surface area contributed by atoms with Crippen LogP contribution >= 0.6 is 0 Å². The molecule has 1 aliphatic rings. The van der Waals surface area contributed by atoms with Crippen molar-refractivity contribution in [2.75, 3.05) is 27.2 Å². The predicted molar refractivity (Wildman–Crippen MR) is 81.3 cm³/mol. The number of hydrogen-bond acceptors (Lipinski definition) is 5. The molecule has 9 nitrogen and oxygen atoms in total. The Morgan fingerprint density at radius 2 is 2.00 bits per heavy atom. The fourth-order valence-electron chi connectivity index (χ4n) is 2.56. The maximum absolute atomic E-state index is 12.4. The molecule has 130 valence electrons. The van der Waals surface area contributed by atoms with Gasteiger partial charge in [0.2, 0.25) is 17.7 Å². The summed E-state index contributed by atoms with van der Waals surface area (Å²) >= 11 is 0. The first-order valence-corrected chi connectivity index (χ1v) is 7.50. The molecule has 0 saturated carbocycles. The summed E-state index contributed by atoms with van der Waals surface area (Å²) in [5.41, 5.74) is 5.34. The number of nitrogens with two attached hydrogens (primary N) is 1. The molecule has 0 unspecified atom stereocenters. The first-order chi connectivity index (χ1) is 10.8. The van der Waals surface area contributed by atoms with Gasteiger partial charge in [-0.25, -0.2) is 0 Å². The second-order valence-electron chi connectivity index (χ2n) is 5.68. The first-order valence-electron chi connectivity index (χ1n) is 7.50. The molecule has 0 aromatic rings. The Labute approximate surface area is 134 Å². The van der Waals surface area contributed by atoms with Gasteiger partial charge in [-0.15, -0.1) is 0 Å². The van der Waals surface area contributed by atoms with Crippen molar-refractivity contribution in [2.24, 2.45) is 5.73 Å². The zero-order valence-corrected chi connectivity index (χ0v) is 13.4. The van der Waals surface area contributed by atoms with E-state index in [4.69, 9.17) is 10.8 Å². The van der Waals surface area contributed by atoms with Gasteiger partial charge in [-0.1, -0.05) is 0 Å². The predicted octanol–water partition coefficient (Wildman–Crippen LogP) is -1.63. The summed E-state index contributed by atoms with van der Waals surface area (Å²) in [6.07, 6.45) is 0.945. The maximum Gasteiger partial charge on any atom is 0.303 e. The highest BCUT2D eigenvalue weighted by Crippen LogP contribution is 2.17. The highest BCUT2D eigenvalue weighted by Gasteiger charge is 2.35. The topological polar surface area (TPSA) is 133 Å². The molecule has 3 amide bonds. The SMILES string of the molecule is CN(C)C(=O)[C@H](CCC(=O)O)NC(=O)[C@@H]1CCCN1C(=O)CN. The third-order valence-corrected chi connectivity index (χ3v) is 3.75. The molecule has 4 N–H and O–H groups in total. The highest BCUT2D eigenvalue weighted by molar-refractivity contribution is 5.92. The molecule has 0 bridgehead atoms. The van der Waals surface area contributed by atoms with Crippen molar-refractivity contribution in [3.8, 4) is 0 Å². The molecule has 1 aliphatic heterocycles. The van der Waals surface area contributed by atoms with Crippen LogP contribution < -0.4 is 11.1 Å². The molecule has 0 aromatic carbocycles. The number of amides is 3. The molecule has 2 atom stereocenters. The summed E-state index contributed by atoms with van der Waals surface area (Å²) in [5.74, 6) is -2.19. The quantitative estimate of drug-likeness (QED) is 0.514. The summed E-state index contributed by atoms with van der Waals surface area (Å²) in [5, 5.41) is 11.3. The van der Waals surface area contributed by atoms with E-state index in [0.717, 1.165) is 0 Å². The van der Waals surface area contributed by atoms with E-state index in [0.29, 0.717) is 19.4 Å². The smallest absolute Gasteiger partial charge is 0.303 e. The zero-order valence-electron chi connectivity index (χ0n) is 13.4. The van der Waals surface area contributed by atoms with Crippen LogP contribution in [0.15, 0.2) is 0 Å². The standard InChI is InChI=1S/C14H24N4O5/c1-17(2)14(23)9(5-6-12(20)21)16-13(22)10-4-3-7-18(10)11(19)8-15/h9-10H,3-8,15H2,1-2H3,(H,16,22)(H,20,21)/t9-,10-/m0/s1. The maximum atomic E-state index is 12.4. The van der Waals surface area contributed by atoms with Crippen LogP contribution in [0.1, 0.15) is 25.7 Å². The number of nitrogens with one attached hydrogen (secondary N) is 1.